The lowest BCUT2D eigenvalue weighted by Crippen LogP contribution is -2.42. The maximum atomic E-state index is 12.5. The van der Waals surface area contributed by atoms with Gasteiger partial charge in [-0.05, 0) is 124 Å². The van der Waals surface area contributed by atoms with Crippen molar-refractivity contribution >= 4 is 47.5 Å². The Kier molecular flexibility index (Phi) is 15.5. The van der Waals surface area contributed by atoms with Gasteiger partial charge in [0, 0.05) is 39.0 Å². The van der Waals surface area contributed by atoms with Crippen LogP contribution < -0.4 is 21.3 Å². The predicted molar refractivity (Wildman–Crippen MR) is 223 cm³/mol. The molecule has 16 atom stereocenters. The van der Waals surface area contributed by atoms with Gasteiger partial charge in [0.05, 0.1) is 35.5 Å². The summed E-state index contributed by atoms with van der Waals surface area (Å²) in [7, 11) is 0. The van der Waals surface area contributed by atoms with Gasteiger partial charge in [0.25, 0.3) is 0 Å². The second kappa shape index (κ2) is 20.6. The Labute approximate surface area is 362 Å². The Morgan fingerprint density at radius 3 is 1.23 bits per heavy atom. The van der Waals surface area contributed by atoms with Gasteiger partial charge < -0.3 is 41.7 Å². The summed E-state index contributed by atoms with van der Waals surface area (Å²) in [4.78, 5) is 93.6. The number of hydrogen-bond donors (Lipinski definition) is 8. The van der Waals surface area contributed by atoms with Gasteiger partial charge in [-0.25, -0.2) is 0 Å². The summed E-state index contributed by atoms with van der Waals surface area (Å²) in [6.07, 6.45) is 18.8. The fourth-order valence-electron chi connectivity index (χ4n) is 12.7. The van der Waals surface area contributed by atoms with E-state index in [-0.39, 0.29) is 47.3 Å². The third-order valence-electron chi connectivity index (χ3n) is 15.6. The first-order chi connectivity index (χ1) is 29.6. The molecule has 0 aromatic heterocycles. The number of carboxylic acids is 4. The molecule has 16 unspecified atom stereocenters. The monoisotopic (exact) mass is 866 g/mol. The highest BCUT2D eigenvalue weighted by Crippen LogP contribution is 2.51. The smallest absolute Gasteiger partial charge is 0.307 e. The van der Waals surface area contributed by atoms with E-state index in [1.54, 1.807) is 6.92 Å². The fraction of sp³-hybridized carbons (Fsp3) is 0.739. The molecule has 0 aliphatic heterocycles. The number of hydrogen-bond acceptors (Lipinski definition) is 8. The van der Waals surface area contributed by atoms with E-state index in [9.17, 15) is 53.7 Å². The van der Waals surface area contributed by atoms with E-state index >= 15 is 0 Å². The zero-order valence-corrected chi connectivity index (χ0v) is 35.9. The SMILES string of the molecule is CCNC(=O)C1C2C=CC(C2)C1C(=O)O.CCNC(=O)CC(C(=O)O)C(CC(=O)NCC1CC2CCC1C2)C(=O)O.O=C(O)C1C2C=CC(C2)C1C(=O)NCC1CC2CCC1C2. The van der Waals surface area contributed by atoms with Crippen LogP contribution in [0.15, 0.2) is 24.3 Å². The molecule has 0 saturated heterocycles. The first-order valence-electron chi connectivity index (χ1n) is 23.0. The number of rotatable bonds is 17. The molecule has 0 heterocycles. The highest BCUT2D eigenvalue weighted by molar-refractivity contribution is 5.90. The minimum Gasteiger partial charge on any atom is -0.481 e. The van der Waals surface area contributed by atoms with Gasteiger partial charge in [0.15, 0.2) is 0 Å². The predicted octanol–water partition coefficient (Wildman–Crippen LogP) is 3.56. The molecule has 62 heavy (non-hydrogen) atoms. The molecule has 6 fully saturated rings. The maximum absolute atomic E-state index is 12.5. The van der Waals surface area contributed by atoms with Crippen molar-refractivity contribution in [3.05, 3.63) is 24.3 Å². The average molecular weight is 867 g/mol. The Morgan fingerprint density at radius 1 is 0.484 bits per heavy atom. The number of aliphatic carboxylic acids is 4. The summed E-state index contributed by atoms with van der Waals surface area (Å²) in [5, 5.41) is 48.2. The molecule has 16 heteroatoms. The number of carbonyl (C=O) groups is 8. The first kappa shape index (κ1) is 46.7. The normalized spacial score (nSPS) is 35.5. The summed E-state index contributed by atoms with van der Waals surface area (Å²) in [6, 6.07) is 0. The van der Waals surface area contributed by atoms with Crippen LogP contribution in [0, 0.1) is 94.7 Å². The van der Waals surface area contributed by atoms with Crippen LogP contribution in [0.3, 0.4) is 0 Å². The topological polar surface area (TPSA) is 266 Å². The zero-order valence-electron chi connectivity index (χ0n) is 35.9. The highest BCUT2D eigenvalue weighted by Gasteiger charge is 2.53. The summed E-state index contributed by atoms with van der Waals surface area (Å²) in [5.74, 6) is -5.67. The number of allylic oxidation sites excluding steroid dienone is 4. The van der Waals surface area contributed by atoms with Gasteiger partial charge in [-0.2, -0.15) is 0 Å². The second-order valence-corrected chi connectivity index (χ2v) is 19.2. The van der Waals surface area contributed by atoms with E-state index in [0.29, 0.717) is 37.4 Å². The fourth-order valence-corrected chi connectivity index (χ4v) is 12.7. The van der Waals surface area contributed by atoms with Gasteiger partial charge in [-0.1, -0.05) is 37.1 Å². The van der Waals surface area contributed by atoms with Crippen molar-refractivity contribution in [2.75, 3.05) is 26.2 Å². The Bertz CT molecular complexity index is 1780. The van der Waals surface area contributed by atoms with Crippen molar-refractivity contribution < 1.29 is 58.8 Å². The lowest BCUT2D eigenvalue weighted by molar-refractivity contribution is -0.156. The molecule has 8 N–H and O–H groups in total. The zero-order chi connectivity index (χ0) is 44.8. The molecule has 4 amide bonds. The molecule has 8 rings (SSSR count). The van der Waals surface area contributed by atoms with Crippen LogP contribution in [-0.4, -0.2) is 94.1 Å². The number of carbonyl (C=O) groups excluding carboxylic acids is 4. The van der Waals surface area contributed by atoms with Crippen LogP contribution >= 0.6 is 0 Å². The Hall–Kier alpha value is -4.76. The van der Waals surface area contributed by atoms with Crippen molar-refractivity contribution in [1.82, 2.24) is 21.3 Å². The van der Waals surface area contributed by atoms with E-state index in [0.717, 1.165) is 43.6 Å². The lowest BCUT2D eigenvalue weighted by atomic mass is 9.82. The standard InChI is InChI=1S/C18H28N2O6.C17H23NO3.C11H15NO3/c1-2-19-15(21)7-13(17(23)24)14(18(25)26)8-16(22)20-9-12-6-10-3-4-11(12)5-10;19-16(18-8-13-6-9-1-2-10(13)5-9)14-11-3-4-12(7-11)15(14)17(20)21;1-2-12-10(13)8-6-3-4-7(5-6)9(8)11(14)15/h10-14H,2-9H2,1H3,(H,19,21)(H,20,22)(H,23,24)(H,25,26);3-4,9-15H,1-2,5-8H2,(H,18,19)(H,20,21);3-4,6-9H,2,5H2,1H3,(H,12,13)(H,14,15). The number of amides is 4. The molecule has 0 spiro atoms. The van der Waals surface area contributed by atoms with Crippen LogP contribution in [-0.2, 0) is 38.4 Å². The number of carboxylic acid groups (broad SMARTS) is 4. The molecule has 6 saturated carbocycles. The Balaban J connectivity index is 0.000000160. The molecule has 342 valence electrons. The Morgan fingerprint density at radius 2 is 0.871 bits per heavy atom. The highest BCUT2D eigenvalue weighted by atomic mass is 16.4. The van der Waals surface area contributed by atoms with Crippen molar-refractivity contribution in [3.8, 4) is 0 Å². The van der Waals surface area contributed by atoms with E-state index in [1.807, 2.05) is 31.2 Å². The third-order valence-corrected chi connectivity index (χ3v) is 15.6. The number of nitrogens with one attached hydrogen (secondary N) is 4. The van der Waals surface area contributed by atoms with Crippen molar-refractivity contribution in [2.24, 2.45) is 94.7 Å². The van der Waals surface area contributed by atoms with Crippen molar-refractivity contribution in [2.45, 2.75) is 90.9 Å². The third kappa shape index (κ3) is 10.7. The molecule has 0 radical (unpaired) electrons. The lowest BCUT2D eigenvalue weighted by Gasteiger charge is -2.26. The number of fused-ring (bicyclic) bond motifs is 8. The van der Waals surface area contributed by atoms with Gasteiger partial charge in [0.1, 0.15) is 0 Å². The first-order valence-corrected chi connectivity index (χ1v) is 23.0. The second-order valence-electron chi connectivity index (χ2n) is 19.2. The molecule has 8 bridgehead atoms. The average Bonchev–Trinajstić information content (AvgIpc) is 4.10. The van der Waals surface area contributed by atoms with Gasteiger partial charge in [-0.15, -0.1) is 0 Å². The minimum atomic E-state index is -1.44. The van der Waals surface area contributed by atoms with Crippen LogP contribution in [0.4, 0.5) is 0 Å². The van der Waals surface area contributed by atoms with Gasteiger partial charge >= 0.3 is 23.9 Å². The quantitative estimate of drug-likeness (QED) is 0.0976. The maximum Gasteiger partial charge on any atom is 0.307 e. The molecular weight excluding hydrogens is 801 g/mol. The van der Waals surface area contributed by atoms with E-state index in [4.69, 9.17) is 5.11 Å². The van der Waals surface area contributed by atoms with Crippen molar-refractivity contribution in [1.29, 1.82) is 0 Å². The van der Waals surface area contributed by atoms with Crippen LogP contribution in [0.1, 0.15) is 90.9 Å². The molecule has 0 aromatic carbocycles. The van der Waals surface area contributed by atoms with Crippen LogP contribution in [0.5, 0.6) is 0 Å². The largest absolute Gasteiger partial charge is 0.481 e. The minimum absolute atomic E-state index is 0.0259. The summed E-state index contributed by atoms with van der Waals surface area (Å²) >= 11 is 0. The molecule has 8 aliphatic rings. The molecule has 8 aliphatic carbocycles. The van der Waals surface area contributed by atoms with Gasteiger partial charge in [0.2, 0.25) is 23.6 Å². The van der Waals surface area contributed by atoms with Crippen LogP contribution in [0.2, 0.25) is 0 Å². The van der Waals surface area contributed by atoms with Gasteiger partial charge in [-0.3, -0.25) is 38.4 Å². The molecule has 16 nitrogen and oxygen atoms in total. The molecule has 0 aromatic rings. The van der Waals surface area contributed by atoms with E-state index in [1.165, 1.54) is 44.9 Å². The molecular formula is C46H66N4O12. The van der Waals surface area contributed by atoms with Crippen LogP contribution in [0.25, 0.3) is 0 Å². The van der Waals surface area contributed by atoms with Crippen molar-refractivity contribution in [3.63, 3.8) is 0 Å². The summed E-state index contributed by atoms with van der Waals surface area (Å²) in [6.45, 7) is 5.68. The summed E-state index contributed by atoms with van der Waals surface area (Å²) < 4.78 is 0. The summed E-state index contributed by atoms with van der Waals surface area (Å²) in [5.41, 5.74) is 0. The van der Waals surface area contributed by atoms with E-state index < -0.39 is 72.2 Å². The van der Waals surface area contributed by atoms with E-state index in [2.05, 4.69) is 21.3 Å².